The lowest BCUT2D eigenvalue weighted by atomic mass is 9.88. The molecule has 0 fully saturated rings. The van der Waals surface area contributed by atoms with Gasteiger partial charge >= 0.3 is 0 Å². The minimum atomic E-state index is 0.715. The summed E-state index contributed by atoms with van der Waals surface area (Å²) in [6, 6.07) is 183. The summed E-state index contributed by atoms with van der Waals surface area (Å²) >= 11 is 5.58. The van der Waals surface area contributed by atoms with E-state index in [1.807, 2.05) is 82.5 Å². The van der Waals surface area contributed by atoms with Gasteiger partial charge in [-0.25, -0.2) is 29.9 Å². The van der Waals surface area contributed by atoms with E-state index in [4.69, 9.17) is 29.9 Å². The van der Waals surface area contributed by atoms with Crippen LogP contribution in [0.5, 0.6) is 0 Å². The molecule has 30 rings (SSSR count). The van der Waals surface area contributed by atoms with Gasteiger partial charge in [-0.05, 0) is 215 Å². The first-order valence-electron chi connectivity index (χ1n) is 49.7. The van der Waals surface area contributed by atoms with Gasteiger partial charge in [0.1, 0.15) is 0 Å². The molecule has 0 atom stereocenters. The van der Waals surface area contributed by atoms with Gasteiger partial charge < -0.3 is 0 Å². The van der Waals surface area contributed by atoms with Crippen molar-refractivity contribution in [1.29, 1.82) is 0 Å². The third-order valence-corrected chi connectivity index (χ3v) is 32.5. The van der Waals surface area contributed by atoms with Crippen molar-refractivity contribution in [3.05, 3.63) is 510 Å². The summed E-state index contributed by atoms with van der Waals surface area (Å²) in [5, 5.41) is 30.2. The number of nitrogens with zero attached hydrogens (tertiary/aromatic N) is 6. The van der Waals surface area contributed by atoms with Crippen molar-refractivity contribution in [2.24, 2.45) is 0 Å². The van der Waals surface area contributed by atoms with Crippen LogP contribution in [0.15, 0.2) is 510 Å². The molecule has 24 aromatic carbocycles. The highest BCUT2D eigenvalue weighted by Gasteiger charge is 2.24. The number of aromatic nitrogens is 6. The first-order valence-corrected chi connectivity index (χ1v) is 52.2. The Morgan fingerprint density at radius 2 is 0.320 bits per heavy atom. The van der Waals surface area contributed by atoms with E-state index < -0.39 is 0 Å². The van der Waals surface area contributed by atoms with E-state index in [0.717, 1.165) is 90.1 Å². The second kappa shape index (κ2) is 36.5. The largest absolute Gasteiger partial charge is 0.228 e. The molecule has 0 unspecified atom stereocenters. The van der Waals surface area contributed by atoms with Crippen LogP contribution in [0.3, 0.4) is 0 Å². The molecule has 0 aliphatic carbocycles. The number of fused-ring (bicyclic) bond motifs is 27. The van der Waals surface area contributed by atoms with Crippen LogP contribution >= 0.6 is 34.0 Å². The standard InChI is InChI=1S/3C46H28N2S/c1-3-12-29(13-4-1)41-28-42(30-14-5-2-6-15-30)48-46(47-41)32-23-24-36-34-16-7-8-17-35(34)39-20-11-19-33(45(39)40(36)26-32)31-22-25-38-37-18-9-10-21-43(37)49-44(38)27-31;1-3-12-29(13-4-1)41-28-42(48-46(47-41)30-14-5-2-6-15-30)32-22-24-36-34-16-7-8-17-35(34)38-20-11-19-33(45(38)40(36)27-32)31-23-25-44-39(26-31)37-18-9-10-21-43(37)49-44;1-3-12-29(13-4-1)41-28-42(30-14-5-2-6-15-30)48-46(47-41)32-22-24-36-34-16-7-8-17-35(34)38-20-11-19-33(45(38)40(36)27-32)31-23-25-44-39(26-31)37-18-9-10-21-43(37)49-44/h3*1-28H. The Bertz CT molecular complexity index is 9930. The fraction of sp³-hybridized carbons (Fsp3) is 0. The van der Waals surface area contributed by atoms with Gasteiger partial charge in [-0.1, -0.05) is 425 Å². The molecule has 6 nitrogen and oxygen atoms in total. The predicted octanol–water partition coefficient (Wildman–Crippen LogP) is 38.9. The number of benzene rings is 24. The molecule has 0 aliphatic heterocycles. The molecule has 0 radical (unpaired) electrons. The number of hydrogen-bond acceptors (Lipinski definition) is 9. The zero-order valence-corrected chi connectivity index (χ0v) is 81.9. The van der Waals surface area contributed by atoms with Crippen LogP contribution in [0.1, 0.15) is 0 Å². The summed E-state index contributed by atoms with van der Waals surface area (Å²) in [4.78, 5) is 30.9. The Labute approximate surface area is 859 Å². The number of thiophene rings is 3. The summed E-state index contributed by atoms with van der Waals surface area (Å²) in [6.45, 7) is 0. The van der Waals surface area contributed by atoms with Gasteiger partial charge in [-0.2, -0.15) is 0 Å². The molecule has 0 saturated heterocycles. The normalized spacial score (nSPS) is 11.7. The maximum absolute atomic E-state index is 5.18. The van der Waals surface area contributed by atoms with E-state index >= 15 is 0 Å². The SMILES string of the molecule is c1ccc(-c2cc(-c3ccc4c5ccccc5c5cccc(-c6ccc7sc8ccccc8c7c6)c5c4c3)nc(-c3ccccc3)n2)cc1.c1ccc(-c2cc(-c3ccccc3)nc(-c3ccc4c5ccccc5c5cccc(-c6ccc7c(c6)sc6ccccc67)c5c4c3)n2)cc1.c1ccc(-c2cc(-c3ccccc3)nc(-c3ccc4c5ccccc5c5cccc(-c6ccc7sc8ccccc8c7c6)c5c4c3)n2)cc1. The first kappa shape index (κ1) is 86.4. The zero-order valence-electron chi connectivity index (χ0n) is 79.4. The third kappa shape index (κ3) is 15.5. The van der Waals surface area contributed by atoms with Gasteiger partial charge in [0.05, 0.1) is 34.2 Å². The van der Waals surface area contributed by atoms with E-state index in [1.165, 1.54) is 191 Å². The van der Waals surface area contributed by atoms with Gasteiger partial charge in [0.15, 0.2) is 17.5 Å². The average molecular weight is 1920 g/mol. The van der Waals surface area contributed by atoms with Crippen LogP contribution in [-0.4, -0.2) is 29.9 Å². The summed E-state index contributed by atoms with van der Waals surface area (Å²) in [7, 11) is 0. The van der Waals surface area contributed by atoms with Crippen LogP contribution in [-0.2, 0) is 0 Å². The van der Waals surface area contributed by atoms with E-state index in [9.17, 15) is 0 Å². The second-order valence-corrected chi connectivity index (χ2v) is 40.9. The minimum absolute atomic E-state index is 0.715. The molecule has 0 N–H and O–H groups in total. The molecular weight excluding hydrogens is 1840 g/mol. The highest BCUT2D eigenvalue weighted by atomic mass is 32.1. The Kier molecular flexibility index (Phi) is 21.4. The van der Waals surface area contributed by atoms with Crippen molar-refractivity contribution >= 4 is 191 Å². The molecule has 0 amide bonds. The quantitative estimate of drug-likeness (QED) is 0.113. The van der Waals surface area contributed by atoms with Crippen molar-refractivity contribution < 1.29 is 0 Å². The fourth-order valence-corrected chi connectivity index (χ4v) is 25.4. The van der Waals surface area contributed by atoms with Crippen LogP contribution in [0.4, 0.5) is 0 Å². The van der Waals surface area contributed by atoms with E-state index in [0.29, 0.717) is 11.6 Å². The number of hydrogen-bond donors (Lipinski definition) is 0. The molecule has 0 saturated carbocycles. The minimum Gasteiger partial charge on any atom is -0.228 e. The van der Waals surface area contributed by atoms with Crippen molar-refractivity contribution in [1.82, 2.24) is 29.9 Å². The summed E-state index contributed by atoms with van der Waals surface area (Å²) in [5.74, 6) is 2.15. The fourth-order valence-electron chi connectivity index (χ4n) is 22.1. The topological polar surface area (TPSA) is 77.3 Å². The molecule has 684 valence electrons. The summed E-state index contributed by atoms with van der Waals surface area (Å²) in [5.41, 5.74) is 22.2. The second-order valence-electron chi connectivity index (χ2n) is 37.6. The molecule has 147 heavy (non-hydrogen) atoms. The molecule has 0 spiro atoms. The average Bonchev–Trinajstić information content (AvgIpc) is 1.64. The Balaban J connectivity index is 0.000000107. The van der Waals surface area contributed by atoms with Gasteiger partial charge in [0, 0.05) is 111 Å². The lowest BCUT2D eigenvalue weighted by molar-refractivity contribution is 1.18. The molecule has 6 heterocycles. The summed E-state index contributed by atoms with van der Waals surface area (Å²) in [6.07, 6.45) is 0. The van der Waals surface area contributed by atoms with Gasteiger partial charge in [-0.15, -0.1) is 34.0 Å². The van der Waals surface area contributed by atoms with E-state index in [-0.39, 0.29) is 0 Å². The van der Waals surface area contributed by atoms with E-state index in [2.05, 4.69) is 461 Å². The van der Waals surface area contributed by atoms with Crippen molar-refractivity contribution in [3.8, 4) is 135 Å². The van der Waals surface area contributed by atoms with Crippen LogP contribution in [0.25, 0.3) is 293 Å². The first-order chi connectivity index (χ1) is 72.8. The monoisotopic (exact) mass is 1920 g/mol. The molecule has 9 heteroatoms. The molecular formula is C138H84N6S3. The molecule has 0 bridgehead atoms. The van der Waals surface area contributed by atoms with Crippen molar-refractivity contribution in [3.63, 3.8) is 0 Å². The number of rotatable bonds is 12. The Hall–Kier alpha value is -18.5. The highest BCUT2D eigenvalue weighted by molar-refractivity contribution is 7.26. The Morgan fingerprint density at radius 3 is 0.667 bits per heavy atom. The van der Waals surface area contributed by atoms with Crippen LogP contribution in [0, 0.1) is 0 Å². The van der Waals surface area contributed by atoms with Gasteiger partial charge in [0.25, 0.3) is 0 Å². The summed E-state index contributed by atoms with van der Waals surface area (Å²) < 4.78 is 7.90. The van der Waals surface area contributed by atoms with Gasteiger partial charge in [0.2, 0.25) is 0 Å². The van der Waals surface area contributed by atoms with Crippen molar-refractivity contribution in [2.75, 3.05) is 0 Å². The third-order valence-electron chi connectivity index (χ3n) is 29.0. The zero-order chi connectivity index (χ0) is 96.9. The van der Waals surface area contributed by atoms with Gasteiger partial charge in [-0.3, -0.25) is 0 Å². The highest BCUT2D eigenvalue weighted by Crippen LogP contribution is 2.50. The van der Waals surface area contributed by atoms with Crippen LogP contribution < -0.4 is 0 Å². The van der Waals surface area contributed by atoms with Crippen molar-refractivity contribution in [2.45, 2.75) is 0 Å². The van der Waals surface area contributed by atoms with Crippen LogP contribution in [0.2, 0.25) is 0 Å². The maximum atomic E-state index is 5.18. The predicted molar refractivity (Wildman–Crippen MR) is 628 cm³/mol. The lowest BCUT2D eigenvalue weighted by Gasteiger charge is -2.16. The molecule has 0 aliphatic rings. The van der Waals surface area contributed by atoms with E-state index in [1.54, 1.807) is 0 Å². The Morgan fingerprint density at radius 1 is 0.109 bits per heavy atom. The lowest BCUT2D eigenvalue weighted by Crippen LogP contribution is -1.96. The molecule has 30 aromatic rings. The maximum Gasteiger partial charge on any atom is 0.160 e. The smallest absolute Gasteiger partial charge is 0.160 e. The molecule has 6 aromatic heterocycles.